The van der Waals surface area contributed by atoms with Gasteiger partial charge in [-0.25, -0.2) is 13.1 Å². The molecule has 1 radical (unpaired) electrons. The monoisotopic (exact) mass is 304 g/mol. The Kier molecular flexibility index (Phi) is 4.38. The number of sulfonamides is 1. The number of nitrogens with two attached hydrogens (primary N) is 1. The van der Waals surface area contributed by atoms with E-state index in [1.54, 1.807) is 0 Å². The van der Waals surface area contributed by atoms with Crippen molar-refractivity contribution in [2.45, 2.75) is 43.4 Å². The van der Waals surface area contributed by atoms with Gasteiger partial charge in [-0.3, -0.25) is 9.69 Å². The molecular formula is C12H22N3O4S. The second-order valence-corrected chi connectivity index (χ2v) is 7.58. The molecule has 1 amide bonds. The first-order valence-electron chi connectivity index (χ1n) is 6.75. The maximum Gasteiger partial charge on any atom is 0.237 e. The van der Waals surface area contributed by atoms with Crippen LogP contribution in [0.1, 0.15) is 25.7 Å². The molecule has 2 fully saturated rings. The predicted octanol–water partition coefficient (Wildman–Crippen LogP) is -1.42. The summed E-state index contributed by atoms with van der Waals surface area (Å²) in [4.78, 5) is 13.8. The zero-order valence-electron chi connectivity index (χ0n) is 11.6. The molecule has 0 aromatic rings. The summed E-state index contributed by atoms with van der Waals surface area (Å²) in [5.74, 6) is -0.362. The van der Waals surface area contributed by atoms with Gasteiger partial charge in [-0.05, 0) is 32.1 Å². The van der Waals surface area contributed by atoms with E-state index < -0.39 is 21.7 Å². The lowest BCUT2D eigenvalue weighted by Gasteiger charge is -2.43. The molecule has 0 spiro atoms. The van der Waals surface area contributed by atoms with Gasteiger partial charge in [-0.15, -0.1) is 0 Å². The van der Waals surface area contributed by atoms with Crippen LogP contribution in [0.25, 0.3) is 0 Å². The van der Waals surface area contributed by atoms with Crippen LogP contribution in [-0.2, 0) is 14.8 Å². The minimum atomic E-state index is -3.33. The quantitative estimate of drug-likeness (QED) is 0.557. The number of amides is 1. The van der Waals surface area contributed by atoms with Crippen molar-refractivity contribution < 1.29 is 18.3 Å². The normalized spacial score (nSPS) is 32.2. The van der Waals surface area contributed by atoms with Crippen LogP contribution >= 0.6 is 0 Å². The largest absolute Gasteiger partial charge is 0.390 e. The fraction of sp³-hybridized carbons (Fsp3) is 0.833. The number of piperidine rings is 1. The van der Waals surface area contributed by atoms with Crippen molar-refractivity contribution in [3.05, 3.63) is 6.42 Å². The molecule has 0 aromatic heterocycles. The topological polar surface area (TPSA) is 113 Å². The van der Waals surface area contributed by atoms with E-state index in [0.717, 1.165) is 19.1 Å². The molecule has 2 rings (SSSR count). The van der Waals surface area contributed by atoms with E-state index in [1.807, 2.05) is 4.90 Å². The van der Waals surface area contributed by atoms with Crippen LogP contribution in [-0.4, -0.2) is 61.4 Å². The summed E-state index contributed by atoms with van der Waals surface area (Å²) in [5.41, 5.74) is 4.86. The highest BCUT2D eigenvalue weighted by atomic mass is 32.2. The van der Waals surface area contributed by atoms with Crippen LogP contribution in [0.5, 0.6) is 0 Å². The highest BCUT2D eigenvalue weighted by Crippen LogP contribution is 2.43. The van der Waals surface area contributed by atoms with E-state index in [1.165, 1.54) is 0 Å². The molecule has 2 saturated heterocycles. The van der Waals surface area contributed by atoms with Gasteiger partial charge >= 0.3 is 0 Å². The standard InChI is InChI=1S/C12H22N3O4S/c1-20(18,19)14-7-10(16)8-15-9-3-2-5-12(15,6-4-9)11(13)17/h2,9-10,14,16H,3-8H2,1H3,(H2,13,17)/t9-,10-,12+/m0/s1. The number of carbonyl (C=O) groups is 1. The Balaban J connectivity index is 2.02. The van der Waals surface area contributed by atoms with E-state index in [-0.39, 0.29) is 25.0 Å². The van der Waals surface area contributed by atoms with Crippen molar-refractivity contribution in [1.82, 2.24) is 9.62 Å². The Hall–Kier alpha value is -0.700. The molecule has 3 atom stereocenters. The van der Waals surface area contributed by atoms with Crippen LogP contribution in [0.2, 0.25) is 0 Å². The highest BCUT2D eigenvalue weighted by Gasteiger charge is 2.52. The smallest absolute Gasteiger partial charge is 0.237 e. The van der Waals surface area contributed by atoms with E-state index >= 15 is 0 Å². The molecule has 0 aliphatic carbocycles. The number of aliphatic hydroxyl groups excluding tert-OH is 1. The molecular weight excluding hydrogens is 282 g/mol. The zero-order chi connectivity index (χ0) is 15.0. The lowest BCUT2D eigenvalue weighted by Crippen LogP contribution is -2.60. The maximum absolute atomic E-state index is 11.8. The molecule has 2 heterocycles. The van der Waals surface area contributed by atoms with Crippen LogP contribution in [0, 0.1) is 6.42 Å². The summed E-state index contributed by atoms with van der Waals surface area (Å²) in [6, 6.07) is 0.212. The first-order valence-corrected chi connectivity index (χ1v) is 8.65. The Labute approximate surface area is 119 Å². The zero-order valence-corrected chi connectivity index (χ0v) is 12.4. The van der Waals surface area contributed by atoms with Crippen molar-refractivity contribution in [2.24, 2.45) is 5.73 Å². The van der Waals surface area contributed by atoms with Gasteiger partial charge in [-0.1, -0.05) is 0 Å². The number of aliphatic hydroxyl groups is 1. The van der Waals surface area contributed by atoms with E-state index in [2.05, 4.69) is 11.1 Å². The number of hydrogen-bond donors (Lipinski definition) is 3. The van der Waals surface area contributed by atoms with E-state index in [0.29, 0.717) is 12.8 Å². The first kappa shape index (κ1) is 15.7. The van der Waals surface area contributed by atoms with Crippen LogP contribution in [0.3, 0.4) is 0 Å². The molecule has 0 saturated carbocycles. The third-order valence-corrected chi connectivity index (χ3v) is 4.94. The lowest BCUT2D eigenvalue weighted by molar-refractivity contribution is -0.131. The molecule has 2 aliphatic heterocycles. The molecule has 7 nitrogen and oxygen atoms in total. The summed E-state index contributed by atoms with van der Waals surface area (Å²) in [5, 5.41) is 9.99. The number of nitrogens with one attached hydrogen (secondary N) is 1. The third kappa shape index (κ3) is 3.13. The SMILES string of the molecule is CS(=O)(=O)NC[C@H](O)CN1[C@H]2C[CH]C[C@]1(C(N)=O)CC2. The summed E-state index contributed by atoms with van der Waals surface area (Å²) >= 11 is 0. The molecule has 20 heavy (non-hydrogen) atoms. The predicted molar refractivity (Wildman–Crippen MR) is 74.0 cm³/mol. The fourth-order valence-corrected chi connectivity index (χ4v) is 3.76. The minimum absolute atomic E-state index is 0.0550. The number of β-amino-alcohol motifs (C(OH)–C–C–N with tert-alkyl or cyclic N) is 1. The molecule has 2 aliphatic rings. The van der Waals surface area contributed by atoms with Gasteiger partial charge < -0.3 is 10.8 Å². The van der Waals surface area contributed by atoms with E-state index in [9.17, 15) is 18.3 Å². The second-order valence-electron chi connectivity index (χ2n) is 5.74. The summed E-state index contributed by atoms with van der Waals surface area (Å²) in [7, 11) is -3.33. The number of primary amides is 1. The van der Waals surface area contributed by atoms with Crippen LogP contribution in [0.4, 0.5) is 0 Å². The molecule has 2 bridgehead atoms. The number of nitrogens with zero attached hydrogens (tertiary/aromatic N) is 1. The average Bonchev–Trinajstić information content (AvgIpc) is 2.56. The second kappa shape index (κ2) is 5.59. The molecule has 8 heteroatoms. The number of fused-ring (bicyclic) bond motifs is 2. The number of rotatable bonds is 6. The number of carbonyl (C=O) groups excluding carboxylic acids is 1. The third-order valence-electron chi connectivity index (χ3n) is 4.25. The summed E-state index contributed by atoms with van der Waals surface area (Å²) in [6.45, 7) is 0.199. The lowest BCUT2D eigenvalue weighted by atomic mass is 9.87. The summed E-state index contributed by atoms with van der Waals surface area (Å²) < 4.78 is 24.3. The fourth-order valence-electron chi connectivity index (χ4n) is 3.26. The van der Waals surface area contributed by atoms with Crippen molar-refractivity contribution in [3.8, 4) is 0 Å². The Morgan fingerprint density at radius 2 is 2.35 bits per heavy atom. The summed E-state index contributed by atoms with van der Waals surface area (Å²) in [6.07, 6.45) is 5.33. The molecule has 4 N–H and O–H groups in total. The Morgan fingerprint density at radius 3 is 2.95 bits per heavy atom. The Bertz CT molecular complexity index is 477. The maximum atomic E-state index is 11.8. The molecule has 0 aromatic carbocycles. The van der Waals surface area contributed by atoms with Crippen LogP contribution in [0.15, 0.2) is 0 Å². The van der Waals surface area contributed by atoms with Gasteiger partial charge in [0, 0.05) is 19.1 Å². The Morgan fingerprint density at radius 1 is 1.65 bits per heavy atom. The van der Waals surface area contributed by atoms with Crippen molar-refractivity contribution in [1.29, 1.82) is 0 Å². The van der Waals surface area contributed by atoms with Crippen molar-refractivity contribution in [2.75, 3.05) is 19.3 Å². The van der Waals surface area contributed by atoms with Crippen molar-refractivity contribution in [3.63, 3.8) is 0 Å². The molecule has 0 unspecified atom stereocenters. The first-order chi connectivity index (χ1) is 9.24. The average molecular weight is 304 g/mol. The van der Waals surface area contributed by atoms with Gasteiger partial charge in [0.05, 0.1) is 12.4 Å². The van der Waals surface area contributed by atoms with Gasteiger partial charge in [0.1, 0.15) is 5.54 Å². The van der Waals surface area contributed by atoms with Gasteiger partial charge in [0.25, 0.3) is 0 Å². The van der Waals surface area contributed by atoms with Gasteiger partial charge in [0.15, 0.2) is 0 Å². The molecule has 115 valence electrons. The number of hydrogen-bond acceptors (Lipinski definition) is 5. The van der Waals surface area contributed by atoms with Gasteiger partial charge in [-0.2, -0.15) is 0 Å². The van der Waals surface area contributed by atoms with Gasteiger partial charge in [0.2, 0.25) is 15.9 Å². The highest BCUT2D eigenvalue weighted by molar-refractivity contribution is 7.88. The van der Waals surface area contributed by atoms with E-state index in [4.69, 9.17) is 5.73 Å². The van der Waals surface area contributed by atoms with Crippen molar-refractivity contribution >= 4 is 15.9 Å². The minimum Gasteiger partial charge on any atom is -0.390 e. The van der Waals surface area contributed by atoms with Crippen LogP contribution < -0.4 is 10.5 Å².